The lowest BCUT2D eigenvalue weighted by atomic mass is 9.92. The Morgan fingerprint density at radius 3 is 1.73 bits per heavy atom. The molecule has 158 valence electrons. The summed E-state index contributed by atoms with van der Waals surface area (Å²) >= 11 is 0. The molecule has 0 saturated heterocycles. The van der Waals surface area contributed by atoms with Crippen LogP contribution in [0, 0.1) is 0 Å². The van der Waals surface area contributed by atoms with Crippen molar-refractivity contribution in [2.75, 3.05) is 34.2 Å². The van der Waals surface area contributed by atoms with Crippen molar-refractivity contribution in [3.63, 3.8) is 0 Å². The van der Waals surface area contributed by atoms with E-state index in [1.54, 1.807) is 40.6 Å². The van der Waals surface area contributed by atoms with Crippen LogP contribution in [0.3, 0.4) is 0 Å². The molecule has 3 aromatic carbocycles. The summed E-state index contributed by atoms with van der Waals surface area (Å²) in [5.41, 5.74) is 8.52. The number of nitrogens with two attached hydrogens (primary N) is 1. The first-order valence-electron chi connectivity index (χ1n) is 9.52. The molecule has 6 heteroatoms. The summed E-state index contributed by atoms with van der Waals surface area (Å²) in [5.74, 6) is 3.79. The van der Waals surface area contributed by atoms with Gasteiger partial charge in [-0.25, -0.2) is 0 Å². The molecule has 0 aliphatic carbocycles. The molecular weight excluding hydrogens is 382 g/mol. The van der Waals surface area contributed by atoms with Crippen LogP contribution in [-0.2, 0) is 0 Å². The summed E-state index contributed by atoms with van der Waals surface area (Å²) in [6.45, 7) is 2.11. The second kappa shape index (κ2) is 9.31. The van der Waals surface area contributed by atoms with Crippen LogP contribution in [0.1, 0.15) is 24.0 Å². The number of methoxy groups -OCH3 is 4. The summed E-state index contributed by atoms with van der Waals surface area (Å²) in [7, 11) is 6.43. The number of ether oxygens (including phenoxy) is 5. The Hall–Kier alpha value is -3.54. The highest BCUT2D eigenvalue weighted by atomic mass is 16.5. The Kier molecular flexibility index (Phi) is 6.57. The smallest absolute Gasteiger partial charge is 0.203 e. The van der Waals surface area contributed by atoms with Crippen molar-refractivity contribution < 1.29 is 23.7 Å². The van der Waals surface area contributed by atoms with Crippen LogP contribution in [0.25, 0.3) is 0 Å². The predicted molar refractivity (Wildman–Crippen MR) is 118 cm³/mol. The third-order valence-electron chi connectivity index (χ3n) is 4.98. The quantitative estimate of drug-likeness (QED) is 0.513. The zero-order valence-corrected chi connectivity index (χ0v) is 17.9. The van der Waals surface area contributed by atoms with Gasteiger partial charge in [-0.15, -0.1) is 0 Å². The maximum Gasteiger partial charge on any atom is 0.203 e. The lowest BCUT2D eigenvalue weighted by molar-refractivity contribution is 0.323. The Morgan fingerprint density at radius 2 is 1.20 bits per heavy atom. The topological polar surface area (TPSA) is 72.2 Å². The zero-order chi connectivity index (χ0) is 21.7. The van der Waals surface area contributed by atoms with Gasteiger partial charge in [0, 0.05) is 11.6 Å². The van der Waals surface area contributed by atoms with Crippen LogP contribution in [0.5, 0.6) is 34.5 Å². The normalized spacial score (nSPS) is 11.5. The fourth-order valence-corrected chi connectivity index (χ4v) is 3.25. The molecule has 0 aromatic heterocycles. The SMILES string of the molecule is COc1ccc(C(C)c2cc(OC)c(OC)c(OC)c2)cc1Oc1ccc(N)cc1. The molecule has 0 bridgehead atoms. The fraction of sp³-hybridized carbons (Fsp3) is 0.250. The number of rotatable bonds is 8. The number of benzene rings is 3. The van der Waals surface area contributed by atoms with E-state index in [0.717, 1.165) is 11.1 Å². The Morgan fingerprint density at radius 1 is 0.633 bits per heavy atom. The number of nitrogen functional groups attached to an aromatic ring is 1. The van der Waals surface area contributed by atoms with Crippen molar-refractivity contribution in [1.82, 2.24) is 0 Å². The maximum absolute atomic E-state index is 6.06. The molecule has 0 saturated carbocycles. The third kappa shape index (κ3) is 4.38. The van der Waals surface area contributed by atoms with Crippen LogP contribution >= 0.6 is 0 Å². The van der Waals surface area contributed by atoms with Gasteiger partial charge in [0.1, 0.15) is 5.75 Å². The highest BCUT2D eigenvalue weighted by Gasteiger charge is 2.19. The van der Waals surface area contributed by atoms with Crippen molar-refractivity contribution in [3.8, 4) is 34.5 Å². The Balaban J connectivity index is 1.98. The average molecular weight is 409 g/mol. The summed E-state index contributed by atoms with van der Waals surface area (Å²) in [6, 6.07) is 17.0. The third-order valence-corrected chi connectivity index (χ3v) is 4.98. The van der Waals surface area contributed by atoms with Crippen LogP contribution in [0.4, 0.5) is 5.69 Å². The van der Waals surface area contributed by atoms with Crippen molar-refractivity contribution in [2.24, 2.45) is 0 Å². The molecule has 3 rings (SSSR count). The summed E-state index contributed by atoms with van der Waals surface area (Å²) in [5, 5.41) is 0. The van der Waals surface area contributed by atoms with Gasteiger partial charge in [0.2, 0.25) is 5.75 Å². The van der Waals surface area contributed by atoms with Gasteiger partial charge in [-0.3, -0.25) is 0 Å². The van der Waals surface area contributed by atoms with E-state index < -0.39 is 0 Å². The first-order chi connectivity index (χ1) is 14.5. The number of anilines is 1. The van der Waals surface area contributed by atoms with Gasteiger partial charge in [0.05, 0.1) is 28.4 Å². The van der Waals surface area contributed by atoms with Gasteiger partial charge in [-0.1, -0.05) is 13.0 Å². The lowest BCUT2D eigenvalue weighted by Gasteiger charge is -2.19. The molecule has 3 aromatic rings. The molecule has 1 atom stereocenters. The maximum atomic E-state index is 6.06. The van der Waals surface area contributed by atoms with Gasteiger partial charge in [0.15, 0.2) is 23.0 Å². The Bertz CT molecular complexity index is 976. The minimum absolute atomic E-state index is 0.0402. The minimum atomic E-state index is 0.0402. The van der Waals surface area contributed by atoms with E-state index in [2.05, 4.69) is 6.92 Å². The van der Waals surface area contributed by atoms with E-state index in [1.807, 2.05) is 42.5 Å². The lowest BCUT2D eigenvalue weighted by Crippen LogP contribution is -2.01. The predicted octanol–water partition coefficient (Wildman–Crippen LogP) is 5.25. The Labute approximate surface area is 177 Å². The van der Waals surface area contributed by atoms with Gasteiger partial charge >= 0.3 is 0 Å². The van der Waals surface area contributed by atoms with Gasteiger partial charge in [-0.05, 0) is 59.7 Å². The van der Waals surface area contributed by atoms with Crippen LogP contribution in [0.15, 0.2) is 54.6 Å². The van der Waals surface area contributed by atoms with E-state index in [1.165, 1.54) is 0 Å². The van der Waals surface area contributed by atoms with E-state index in [-0.39, 0.29) is 5.92 Å². The van der Waals surface area contributed by atoms with E-state index in [4.69, 9.17) is 29.4 Å². The molecule has 6 nitrogen and oxygen atoms in total. The highest BCUT2D eigenvalue weighted by Crippen LogP contribution is 2.42. The standard InChI is InChI=1S/C24H27NO5/c1-15(17-13-22(27-3)24(29-5)23(14-17)28-4)16-6-11-20(26-2)21(12-16)30-19-9-7-18(25)8-10-19/h6-15H,25H2,1-5H3. The van der Waals surface area contributed by atoms with Crippen molar-refractivity contribution in [1.29, 1.82) is 0 Å². The molecule has 0 aliphatic rings. The monoisotopic (exact) mass is 409 g/mol. The molecule has 0 radical (unpaired) electrons. The minimum Gasteiger partial charge on any atom is -0.493 e. The van der Waals surface area contributed by atoms with Crippen molar-refractivity contribution in [3.05, 3.63) is 65.7 Å². The second-order valence-electron chi connectivity index (χ2n) is 6.76. The molecule has 0 fully saturated rings. The summed E-state index contributed by atoms with van der Waals surface area (Å²) in [4.78, 5) is 0. The molecular formula is C24H27NO5. The molecule has 0 spiro atoms. The summed E-state index contributed by atoms with van der Waals surface area (Å²) in [6.07, 6.45) is 0. The molecule has 30 heavy (non-hydrogen) atoms. The largest absolute Gasteiger partial charge is 0.493 e. The molecule has 0 aliphatic heterocycles. The molecule has 1 unspecified atom stereocenters. The second-order valence-corrected chi connectivity index (χ2v) is 6.76. The summed E-state index contributed by atoms with van der Waals surface area (Å²) < 4.78 is 28.0. The fourth-order valence-electron chi connectivity index (χ4n) is 3.25. The number of hydrogen-bond donors (Lipinski definition) is 1. The molecule has 2 N–H and O–H groups in total. The van der Waals surface area contributed by atoms with Gasteiger partial charge < -0.3 is 29.4 Å². The zero-order valence-electron chi connectivity index (χ0n) is 17.9. The van der Waals surface area contributed by atoms with Crippen LogP contribution in [-0.4, -0.2) is 28.4 Å². The van der Waals surface area contributed by atoms with Crippen LogP contribution in [0.2, 0.25) is 0 Å². The number of hydrogen-bond acceptors (Lipinski definition) is 6. The first-order valence-corrected chi connectivity index (χ1v) is 9.52. The van der Waals surface area contributed by atoms with Crippen LogP contribution < -0.4 is 29.4 Å². The van der Waals surface area contributed by atoms with Gasteiger partial charge in [0.25, 0.3) is 0 Å². The van der Waals surface area contributed by atoms with E-state index >= 15 is 0 Å². The molecule has 0 amide bonds. The van der Waals surface area contributed by atoms with Crippen molar-refractivity contribution >= 4 is 5.69 Å². The van der Waals surface area contributed by atoms with E-state index in [9.17, 15) is 0 Å². The average Bonchev–Trinajstić information content (AvgIpc) is 2.78. The highest BCUT2D eigenvalue weighted by molar-refractivity contribution is 5.56. The van der Waals surface area contributed by atoms with Crippen molar-refractivity contribution in [2.45, 2.75) is 12.8 Å². The van der Waals surface area contributed by atoms with E-state index in [0.29, 0.717) is 40.2 Å². The molecule has 0 heterocycles. The first kappa shape index (κ1) is 21.2. The van der Waals surface area contributed by atoms with Gasteiger partial charge in [-0.2, -0.15) is 0 Å².